The maximum atomic E-state index is 12.2. The minimum Gasteiger partial charge on any atom is -0.494 e. The third kappa shape index (κ3) is 7.65. The third-order valence-corrected chi connectivity index (χ3v) is 4.06. The largest absolute Gasteiger partial charge is 0.494 e. The first kappa shape index (κ1) is 21.9. The highest BCUT2D eigenvalue weighted by Crippen LogP contribution is 2.13. The Bertz CT molecular complexity index is 831. The summed E-state index contributed by atoms with van der Waals surface area (Å²) in [5.74, 6) is -0.150. The van der Waals surface area contributed by atoms with Crippen LogP contribution in [0.1, 0.15) is 25.0 Å². The predicted molar refractivity (Wildman–Crippen MR) is 109 cm³/mol. The molecule has 0 aromatic heterocycles. The van der Waals surface area contributed by atoms with Crippen LogP contribution in [-0.2, 0) is 32.1 Å². The number of nitrogens with zero attached hydrogens (tertiary/aromatic N) is 1. The van der Waals surface area contributed by atoms with Gasteiger partial charge in [-0.25, -0.2) is 0 Å². The number of carbonyl (C=O) groups is 3. The second kappa shape index (κ2) is 10.8. The van der Waals surface area contributed by atoms with E-state index in [0.29, 0.717) is 18.8 Å². The van der Waals surface area contributed by atoms with Gasteiger partial charge in [-0.05, 0) is 42.3 Å². The van der Waals surface area contributed by atoms with Gasteiger partial charge in [-0.3, -0.25) is 14.4 Å². The second-order valence-electron chi connectivity index (χ2n) is 6.54. The van der Waals surface area contributed by atoms with Crippen molar-refractivity contribution in [2.75, 3.05) is 25.6 Å². The van der Waals surface area contributed by atoms with Gasteiger partial charge < -0.3 is 19.7 Å². The smallest absolute Gasteiger partial charge is 0.310 e. The number of anilines is 1. The summed E-state index contributed by atoms with van der Waals surface area (Å²) in [4.78, 5) is 36.7. The van der Waals surface area contributed by atoms with Crippen LogP contribution in [0.5, 0.6) is 5.75 Å². The fourth-order valence-electron chi connectivity index (χ4n) is 2.60. The maximum absolute atomic E-state index is 12.2. The van der Waals surface area contributed by atoms with Gasteiger partial charge in [0.1, 0.15) is 5.75 Å². The number of hydrogen-bond acceptors (Lipinski definition) is 5. The molecule has 0 unspecified atom stereocenters. The molecule has 0 bridgehead atoms. The summed E-state index contributed by atoms with van der Waals surface area (Å²) in [7, 11) is 1.66. The molecule has 0 saturated heterocycles. The van der Waals surface area contributed by atoms with Crippen molar-refractivity contribution in [2.24, 2.45) is 0 Å². The number of carbonyl (C=O) groups excluding carboxylic acids is 3. The van der Waals surface area contributed by atoms with Crippen molar-refractivity contribution in [3.63, 3.8) is 0 Å². The van der Waals surface area contributed by atoms with Crippen LogP contribution in [0.2, 0.25) is 0 Å². The normalized spacial score (nSPS) is 10.2. The minimum absolute atomic E-state index is 0.0518. The molecule has 0 heterocycles. The molecule has 29 heavy (non-hydrogen) atoms. The highest BCUT2D eigenvalue weighted by molar-refractivity contribution is 5.88. The lowest BCUT2D eigenvalue weighted by atomic mass is 10.1. The van der Waals surface area contributed by atoms with Gasteiger partial charge in [0.2, 0.25) is 5.91 Å². The van der Waals surface area contributed by atoms with Gasteiger partial charge in [0.05, 0.1) is 13.0 Å². The molecule has 2 aromatic carbocycles. The van der Waals surface area contributed by atoms with E-state index in [2.05, 4.69) is 5.32 Å². The summed E-state index contributed by atoms with van der Waals surface area (Å²) in [6.45, 7) is 4.05. The monoisotopic (exact) mass is 398 g/mol. The van der Waals surface area contributed by atoms with Gasteiger partial charge in [-0.2, -0.15) is 0 Å². The first-order chi connectivity index (χ1) is 13.9. The number of amides is 2. The molecule has 2 rings (SSSR count). The summed E-state index contributed by atoms with van der Waals surface area (Å²) < 4.78 is 10.5. The average molecular weight is 398 g/mol. The molecule has 2 aromatic rings. The zero-order valence-corrected chi connectivity index (χ0v) is 16.9. The van der Waals surface area contributed by atoms with Gasteiger partial charge in [0.15, 0.2) is 6.61 Å². The summed E-state index contributed by atoms with van der Waals surface area (Å²) in [6.07, 6.45) is 0.0518. The van der Waals surface area contributed by atoms with E-state index in [1.54, 1.807) is 31.3 Å². The number of benzene rings is 2. The zero-order chi connectivity index (χ0) is 21.2. The molecule has 0 spiro atoms. The van der Waals surface area contributed by atoms with E-state index in [0.717, 1.165) is 16.9 Å². The van der Waals surface area contributed by atoms with Gasteiger partial charge in [-0.15, -0.1) is 0 Å². The van der Waals surface area contributed by atoms with Crippen LogP contribution >= 0.6 is 0 Å². The molecule has 0 atom stereocenters. The molecular weight excluding hydrogens is 372 g/mol. The van der Waals surface area contributed by atoms with Crippen molar-refractivity contribution in [3.8, 4) is 5.75 Å². The molecule has 0 saturated carbocycles. The molecule has 7 nitrogen and oxygen atoms in total. The Labute approximate surface area is 170 Å². The quantitative estimate of drug-likeness (QED) is 0.657. The van der Waals surface area contributed by atoms with Gasteiger partial charge in [-0.1, -0.05) is 24.3 Å². The lowest BCUT2D eigenvalue weighted by molar-refractivity contribution is -0.151. The van der Waals surface area contributed by atoms with Crippen LogP contribution in [0, 0.1) is 0 Å². The lowest BCUT2D eigenvalue weighted by Gasteiger charge is -2.17. The van der Waals surface area contributed by atoms with E-state index in [1.807, 2.05) is 31.2 Å². The van der Waals surface area contributed by atoms with Crippen LogP contribution in [0.15, 0.2) is 48.5 Å². The Kier molecular flexibility index (Phi) is 8.21. The van der Waals surface area contributed by atoms with Crippen molar-refractivity contribution < 1.29 is 23.9 Å². The Hall–Kier alpha value is -3.35. The summed E-state index contributed by atoms with van der Waals surface area (Å²) in [5, 5.41) is 2.65. The maximum Gasteiger partial charge on any atom is 0.310 e. The summed E-state index contributed by atoms with van der Waals surface area (Å²) in [5.41, 5.74) is 2.34. The number of hydrogen-bond donors (Lipinski definition) is 1. The first-order valence-corrected chi connectivity index (χ1v) is 9.35. The number of nitrogens with one attached hydrogen (secondary N) is 1. The van der Waals surface area contributed by atoms with E-state index in [1.165, 1.54) is 11.8 Å². The van der Waals surface area contributed by atoms with Crippen molar-refractivity contribution in [1.29, 1.82) is 0 Å². The number of esters is 1. The standard InChI is InChI=1S/C22H26N2O5/c1-4-28-20-11-7-18(8-12-20)14-24(3)21(26)15-29-22(27)13-17-5-9-19(10-6-17)23-16(2)25/h5-12H,4,13-15H2,1-3H3,(H,23,25). The molecule has 2 amide bonds. The minimum atomic E-state index is -0.486. The Morgan fingerprint density at radius 1 is 0.966 bits per heavy atom. The topological polar surface area (TPSA) is 84.9 Å². The Morgan fingerprint density at radius 3 is 2.17 bits per heavy atom. The van der Waals surface area contributed by atoms with E-state index < -0.39 is 5.97 Å². The first-order valence-electron chi connectivity index (χ1n) is 9.35. The SMILES string of the molecule is CCOc1ccc(CN(C)C(=O)COC(=O)Cc2ccc(NC(C)=O)cc2)cc1. The Balaban J connectivity index is 1.76. The highest BCUT2D eigenvalue weighted by atomic mass is 16.5. The molecule has 0 aliphatic heterocycles. The average Bonchev–Trinajstić information content (AvgIpc) is 2.69. The van der Waals surface area contributed by atoms with Crippen LogP contribution in [-0.4, -0.2) is 42.9 Å². The fourth-order valence-corrected chi connectivity index (χ4v) is 2.60. The molecule has 0 fully saturated rings. The summed E-state index contributed by atoms with van der Waals surface area (Å²) >= 11 is 0. The van der Waals surface area contributed by atoms with Gasteiger partial charge >= 0.3 is 5.97 Å². The van der Waals surface area contributed by atoms with E-state index in [-0.39, 0.29) is 24.8 Å². The molecule has 0 aliphatic rings. The van der Waals surface area contributed by atoms with Crippen LogP contribution in [0.3, 0.4) is 0 Å². The number of ether oxygens (including phenoxy) is 2. The number of rotatable bonds is 9. The fraction of sp³-hybridized carbons (Fsp3) is 0.318. The highest BCUT2D eigenvalue weighted by Gasteiger charge is 2.13. The van der Waals surface area contributed by atoms with Crippen molar-refractivity contribution in [3.05, 3.63) is 59.7 Å². The van der Waals surface area contributed by atoms with Crippen LogP contribution in [0.4, 0.5) is 5.69 Å². The third-order valence-electron chi connectivity index (χ3n) is 4.06. The van der Waals surface area contributed by atoms with Gasteiger partial charge in [0.25, 0.3) is 5.91 Å². The van der Waals surface area contributed by atoms with Crippen LogP contribution < -0.4 is 10.1 Å². The van der Waals surface area contributed by atoms with Crippen molar-refractivity contribution in [2.45, 2.75) is 26.8 Å². The van der Waals surface area contributed by atoms with Crippen LogP contribution in [0.25, 0.3) is 0 Å². The van der Waals surface area contributed by atoms with Crippen molar-refractivity contribution >= 4 is 23.5 Å². The molecular formula is C22H26N2O5. The second-order valence-corrected chi connectivity index (χ2v) is 6.54. The molecule has 0 radical (unpaired) electrons. The molecule has 0 aliphatic carbocycles. The molecule has 1 N–H and O–H groups in total. The molecule has 7 heteroatoms. The predicted octanol–water partition coefficient (Wildman–Crippen LogP) is 2.79. The number of likely N-dealkylation sites (N-methyl/N-ethyl adjacent to an activating group) is 1. The van der Waals surface area contributed by atoms with E-state index in [4.69, 9.17) is 9.47 Å². The summed E-state index contributed by atoms with van der Waals surface area (Å²) in [6, 6.07) is 14.4. The van der Waals surface area contributed by atoms with E-state index >= 15 is 0 Å². The van der Waals surface area contributed by atoms with E-state index in [9.17, 15) is 14.4 Å². The van der Waals surface area contributed by atoms with Gasteiger partial charge in [0, 0.05) is 26.2 Å². The Morgan fingerprint density at radius 2 is 1.59 bits per heavy atom. The molecule has 154 valence electrons. The lowest BCUT2D eigenvalue weighted by Crippen LogP contribution is -2.31. The van der Waals surface area contributed by atoms with Crippen molar-refractivity contribution in [1.82, 2.24) is 4.90 Å². The zero-order valence-electron chi connectivity index (χ0n) is 16.9.